The maximum atomic E-state index is 12.3. The number of hydrogen-bond donors (Lipinski definition) is 0. The van der Waals surface area contributed by atoms with Crippen LogP contribution in [0.2, 0.25) is 12.1 Å². The Bertz CT molecular complexity index is 285. The maximum Gasteiger partial charge on any atom is 0.500 e. The highest BCUT2D eigenvalue weighted by Crippen LogP contribution is 2.18. The van der Waals surface area contributed by atoms with Crippen LogP contribution in [0.4, 0.5) is 0 Å². The molecule has 0 aromatic heterocycles. The predicted octanol–water partition coefficient (Wildman–Crippen LogP) is 1.41. The van der Waals surface area contributed by atoms with Crippen LogP contribution in [0.5, 0.6) is 0 Å². The van der Waals surface area contributed by atoms with Gasteiger partial charge >= 0.3 is 17.5 Å². The van der Waals surface area contributed by atoms with Crippen molar-refractivity contribution in [3.8, 4) is 0 Å². The van der Waals surface area contributed by atoms with E-state index in [4.69, 9.17) is 22.8 Å². The average molecular weight is 323 g/mol. The lowest BCUT2D eigenvalue weighted by molar-refractivity contribution is 0.0818. The van der Waals surface area contributed by atoms with Crippen molar-refractivity contribution in [2.24, 2.45) is 0 Å². The zero-order chi connectivity index (χ0) is 15.0. The summed E-state index contributed by atoms with van der Waals surface area (Å²) in [5.41, 5.74) is -0.145. The summed E-state index contributed by atoms with van der Waals surface area (Å²) < 4.78 is 39.1. The molecule has 0 spiro atoms. The monoisotopic (exact) mass is 322 g/mol. The van der Waals surface area contributed by atoms with Gasteiger partial charge in [0.2, 0.25) is 0 Å². The quantitative estimate of drug-likeness (QED) is 0.400. The highest BCUT2D eigenvalue weighted by Gasteiger charge is 2.37. The minimum atomic E-state index is -2.54. The van der Waals surface area contributed by atoms with Crippen LogP contribution in [0.25, 0.3) is 0 Å². The van der Waals surface area contributed by atoms with E-state index in [2.05, 4.69) is 0 Å². The third-order valence-electron chi connectivity index (χ3n) is 3.45. The standard InChI is InChI=1S/C12H26O6Si2/c1-5-12(18-10-11-9-17-11)19(13)7-6-8-20(14-2,15-3)16-4/h11-12H,5-10H2,1-4H3. The SMILES string of the molecule is CCC(OCC1CO1)[Si](=O)CCC[Si](OC)(OC)OC. The first-order valence-electron chi connectivity index (χ1n) is 7.02. The van der Waals surface area contributed by atoms with Crippen molar-refractivity contribution in [1.29, 1.82) is 0 Å². The molecule has 118 valence electrons. The van der Waals surface area contributed by atoms with Crippen molar-refractivity contribution in [3.05, 3.63) is 0 Å². The van der Waals surface area contributed by atoms with E-state index in [1.807, 2.05) is 6.92 Å². The Morgan fingerprint density at radius 2 is 1.90 bits per heavy atom. The zero-order valence-electron chi connectivity index (χ0n) is 12.8. The molecule has 0 aromatic rings. The molecule has 0 bridgehead atoms. The fourth-order valence-corrected chi connectivity index (χ4v) is 5.68. The number of ether oxygens (including phenoxy) is 2. The highest BCUT2D eigenvalue weighted by molar-refractivity contribution is 6.60. The summed E-state index contributed by atoms with van der Waals surface area (Å²) in [7, 11) is 0.475. The Morgan fingerprint density at radius 3 is 2.35 bits per heavy atom. The van der Waals surface area contributed by atoms with Gasteiger partial charge in [0.15, 0.2) is 0 Å². The number of rotatable bonds is 12. The summed E-state index contributed by atoms with van der Waals surface area (Å²) in [5, 5.41) is 0. The van der Waals surface area contributed by atoms with Gasteiger partial charge in [-0.3, -0.25) is 0 Å². The largest absolute Gasteiger partial charge is 0.500 e. The van der Waals surface area contributed by atoms with Crippen molar-refractivity contribution in [2.45, 2.75) is 43.7 Å². The topological polar surface area (TPSA) is 66.5 Å². The van der Waals surface area contributed by atoms with Crippen LogP contribution in [0, 0.1) is 0 Å². The lowest BCUT2D eigenvalue weighted by Gasteiger charge is -2.24. The van der Waals surface area contributed by atoms with Crippen LogP contribution in [0.15, 0.2) is 0 Å². The molecule has 1 heterocycles. The third kappa shape index (κ3) is 5.80. The second-order valence-corrected chi connectivity index (χ2v) is 9.97. The first-order valence-corrected chi connectivity index (χ1v) is 10.6. The molecule has 0 saturated carbocycles. The molecule has 0 aromatic carbocycles. The van der Waals surface area contributed by atoms with Gasteiger partial charge in [-0.1, -0.05) is 6.92 Å². The molecule has 0 N–H and O–H groups in total. The molecule has 1 aliphatic heterocycles. The normalized spacial score (nSPS) is 19.9. The Balaban J connectivity index is 2.28. The Hall–Kier alpha value is 0.0338. The van der Waals surface area contributed by atoms with Gasteiger partial charge in [0.05, 0.1) is 13.2 Å². The predicted molar refractivity (Wildman–Crippen MR) is 77.2 cm³/mol. The summed E-state index contributed by atoms with van der Waals surface area (Å²) >= 11 is 0. The van der Waals surface area contributed by atoms with Gasteiger partial charge in [-0.05, 0) is 18.9 Å². The van der Waals surface area contributed by atoms with Crippen molar-refractivity contribution in [3.63, 3.8) is 0 Å². The van der Waals surface area contributed by atoms with E-state index in [9.17, 15) is 4.46 Å². The van der Waals surface area contributed by atoms with E-state index in [0.29, 0.717) is 18.7 Å². The zero-order valence-corrected chi connectivity index (χ0v) is 14.8. The molecular weight excluding hydrogens is 296 g/mol. The van der Waals surface area contributed by atoms with Crippen LogP contribution in [0.3, 0.4) is 0 Å². The third-order valence-corrected chi connectivity index (χ3v) is 8.43. The summed E-state index contributed by atoms with van der Waals surface area (Å²) in [6.07, 6.45) is 1.75. The van der Waals surface area contributed by atoms with Gasteiger partial charge in [-0.2, -0.15) is 0 Å². The molecule has 2 unspecified atom stereocenters. The lowest BCUT2D eigenvalue weighted by atomic mass is 10.5. The van der Waals surface area contributed by atoms with Crippen LogP contribution in [-0.2, 0) is 27.2 Å². The molecule has 6 nitrogen and oxygen atoms in total. The van der Waals surface area contributed by atoms with Gasteiger partial charge in [-0.15, -0.1) is 0 Å². The summed E-state index contributed by atoms with van der Waals surface area (Å²) in [5.74, 6) is 0. The van der Waals surface area contributed by atoms with Gasteiger partial charge in [-0.25, -0.2) is 0 Å². The van der Waals surface area contributed by atoms with Crippen LogP contribution < -0.4 is 0 Å². The minimum Gasteiger partial charge on any atom is -0.386 e. The van der Waals surface area contributed by atoms with E-state index < -0.39 is 17.5 Å². The smallest absolute Gasteiger partial charge is 0.386 e. The van der Waals surface area contributed by atoms with Gasteiger partial charge < -0.3 is 27.2 Å². The highest BCUT2D eigenvalue weighted by atomic mass is 28.4. The van der Waals surface area contributed by atoms with Crippen molar-refractivity contribution >= 4 is 17.5 Å². The molecule has 1 rings (SSSR count). The van der Waals surface area contributed by atoms with E-state index in [1.54, 1.807) is 21.3 Å². The lowest BCUT2D eigenvalue weighted by Crippen LogP contribution is -2.42. The van der Waals surface area contributed by atoms with E-state index in [-0.39, 0.29) is 11.8 Å². The number of epoxide rings is 1. The number of hydrogen-bond acceptors (Lipinski definition) is 6. The van der Waals surface area contributed by atoms with Crippen molar-refractivity contribution < 1.29 is 27.2 Å². The summed E-state index contributed by atoms with van der Waals surface area (Å²) in [6.45, 7) is 3.32. The van der Waals surface area contributed by atoms with Gasteiger partial charge in [0.1, 0.15) is 11.8 Å². The van der Waals surface area contributed by atoms with Gasteiger partial charge in [0, 0.05) is 27.4 Å². The summed E-state index contributed by atoms with van der Waals surface area (Å²) in [6, 6.07) is 1.31. The maximum absolute atomic E-state index is 12.3. The minimum absolute atomic E-state index is 0.145. The van der Waals surface area contributed by atoms with Gasteiger partial charge in [0.25, 0.3) is 0 Å². The van der Waals surface area contributed by atoms with Crippen LogP contribution in [0.1, 0.15) is 19.8 Å². The first-order chi connectivity index (χ1) is 9.60. The molecular formula is C12H26O6Si2. The molecule has 0 aliphatic carbocycles. The second-order valence-electron chi connectivity index (χ2n) is 4.80. The van der Waals surface area contributed by atoms with Crippen LogP contribution >= 0.6 is 0 Å². The van der Waals surface area contributed by atoms with Crippen LogP contribution in [-0.4, -0.2) is 63.9 Å². The molecule has 1 fully saturated rings. The Labute approximate surface area is 123 Å². The fraction of sp³-hybridized carbons (Fsp3) is 1.00. The van der Waals surface area contributed by atoms with Crippen molar-refractivity contribution in [1.82, 2.24) is 0 Å². The first kappa shape index (κ1) is 18.1. The fourth-order valence-electron chi connectivity index (χ4n) is 2.02. The molecule has 0 radical (unpaired) electrons. The molecule has 2 atom stereocenters. The van der Waals surface area contributed by atoms with E-state index in [1.165, 1.54) is 0 Å². The second kappa shape index (κ2) is 9.13. The van der Waals surface area contributed by atoms with E-state index in [0.717, 1.165) is 19.4 Å². The molecule has 0 amide bonds. The Kier molecular flexibility index (Phi) is 8.26. The van der Waals surface area contributed by atoms with E-state index >= 15 is 0 Å². The molecule has 1 saturated heterocycles. The molecule has 8 heteroatoms. The molecule has 20 heavy (non-hydrogen) atoms. The average Bonchev–Trinajstić information content (AvgIpc) is 3.29. The van der Waals surface area contributed by atoms with Crippen molar-refractivity contribution in [2.75, 3.05) is 34.5 Å². The molecule has 1 aliphatic rings. The Morgan fingerprint density at radius 1 is 1.30 bits per heavy atom. The summed E-state index contributed by atoms with van der Waals surface area (Å²) in [4.78, 5) is 0.